The topological polar surface area (TPSA) is 46.5 Å². The van der Waals surface area contributed by atoms with Crippen molar-refractivity contribution in [1.29, 1.82) is 0 Å². The first-order chi connectivity index (χ1) is 6.18. The molecule has 0 aliphatic carbocycles. The minimum Gasteiger partial charge on any atom is -0.342 e. The minimum atomic E-state index is 0.892. The number of nitrogens with one attached hydrogen (secondary N) is 1. The zero-order valence-electron chi connectivity index (χ0n) is 8.00. The first-order valence-electron chi connectivity index (χ1n) is 4.19. The number of aromatic amines is 1. The van der Waals surface area contributed by atoms with Gasteiger partial charge < -0.3 is 4.98 Å². The molecule has 0 saturated carbocycles. The predicted molar refractivity (Wildman–Crippen MR) is 50.3 cm³/mol. The van der Waals surface area contributed by atoms with Crippen molar-refractivity contribution in [3.8, 4) is 11.4 Å². The van der Waals surface area contributed by atoms with Crippen molar-refractivity contribution < 1.29 is 0 Å². The Balaban J connectivity index is 2.52. The number of nitrogens with zero attached hydrogens (tertiary/aromatic N) is 3. The Labute approximate surface area is 76.6 Å². The lowest BCUT2D eigenvalue weighted by Crippen LogP contribution is -1.92. The summed E-state index contributed by atoms with van der Waals surface area (Å²) in [5, 5.41) is 4.16. The number of hydrogen-bond donors (Lipinski definition) is 1. The van der Waals surface area contributed by atoms with Gasteiger partial charge in [-0.3, -0.25) is 4.68 Å². The van der Waals surface area contributed by atoms with Crippen molar-refractivity contribution in [2.75, 3.05) is 0 Å². The molecule has 0 atom stereocenters. The largest absolute Gasteiger partial charge is 0.342 e. The van der Waals surface area contributed by atoms with E-state index in [2.05, 4.69) is 15.1 Å². The van der Waals surface area contributed by atoms with Gasteiger partial charge in [-0.05, 0) is 13.8 Å². The van der Waals surface area contributed by atoms with Crippen molar-refractivity contribution in [3.05, 3.63) is 23.8 Å². The third-order valence-corrected chi connectivity index (χ3v) is 2.19. The number of H-pyrrole nitrogens is 1. The maximum atomic E-state index is 4.25. The van der Waals surface area contributed by atoms with Crippen molar-refractivity contribution in [1.82, 2.24) is 19.7 Å². The number of imidazole rings is 1. The fourth-order valence-corrected chi connectivity index (χ4v) is 1.28. The maximum absolute atomic E-state index is 4.25. The highest BCUT2D eigenvalue weighted by Crippen LogP contribution is 2.18. The third kappa shape index (κ3) is 1.24. The lowest BCUT2D eigenvalue weighted by molar-refractivity contribution is 0.740. The molecule has 2 heterocycles. The molecule has 0 radical (unpaired) electrons. The molecule has 2 aromatic heterocycles. The lowest BCUT2D eigenvalue weighted by atomic mass is 10.2. The van der Waals surface area contributed by atoms with Crippen molar-refractivity contribution in [2.24, 2.45) is 7.05 Å². The molecule has 1 N–H and O–H groups in total. The van der Waals surface area contributed by atoms with Crippen LogP contribution in [0.4, 0.5) is 0 Å². The van der Waals surface area contributed by atoms with Gasteiger partial charge in [-0.25, -0.2) is 4.98 Å². The monoisotopic (exact) mass is 176 g/mol. The van der Waals surface area contributed by atoms with Gasteiger partial charge in [0, 0.05) is 24.6 Å². The summed E-state index contributed by atoms with van der Waals surface area (Å²) in [5.41, 5.74) is 3.25. The van der Waals surface area contributed by atoms with Crippen LogP contribution in [0.5, 0.6) is 0 Å². The molecular weight excluding hydrogens is 164 g/mol. The van der Waals surface area contributed by atoms with Gasteiger partial charge in [0.15, 0.2) is 0 Å². The predicted octanol–water partition coefficient (Wildman–Crippen LogP) is 1.43. The molecular formula is C9H12N4. The second kappa shape index (κ2) is 2.73. The SMILES string of the molecule is Cc1cnc(-c2cnn(C)c2C)[nH]1. The van der Waals surface area contributed by atoms with E-state index < -0.39 is 0 Å². The highest BCUT2D eigenvalue weighted by Gasteiger charge is 2.08. The van der Waals surface area contributed by atoms with E-state index in [1.165, 1.54) is 0 Å². The van der Waals surface area contributed by atoms with Crippen LogP contribution in [0.25, 0.3) is 11.4 Å². The molecule has 0 bridgehead atoms. The maximum Gasteiger partial charge on any atom is 0.140 e. The van der Waals surface area contributed by atoms with Gasteiger partial charge in [-0.1, -0.05) is 0 Å². The van der Waals surface area contributed by atoms with E-state index >= 15 is 0 Å². The first-order valence-corrected chi connectivity index (χ1v) is 4.19. The fourth-order valence-electron chi connectivity index (χ4n) is 1.28. The molecule has 13 heavy (non-hydrogen) atoms. The molecule has 0 fully saturated rings. The van der Waals surface area contributed by atoms with Crippen molar-refractivity contribution in [3.63, 3.8) is 0 Å². The molecule has 0 amide bonds. The van der Waals surface area contributed by atoms with Crippen LogP contribution in [-0.4, -0.2) is 19.7 Å². The summed E-state index contributed by atoms with van der Waals surface area (Å²) in [6, 6.07) is 0. The molecule has 2 aromatic rings. The average Bonchev–Trinajstić information content (AvgIpc) is 2.62. The van der Waals surface area contributed by atoms with E-state index in [-0.39, 0.29) is 0 Å². The van der Waals surface area contributed by atoms with Crippen molar-refractivity contribution >= 4 is 0 Å². The molecule has 0 saturated heterocycles. The molecule has 4 heteroatoms. The van der Waals surface area contributed by atoms with Gasteiger partial charge in [0.05, 0.1) is 11.8 Å². The van der Waals surface area contributed by atoms with Crippen LogP contribution in [0, 0.1) is 13.8 Å². The number of hydrogen-bond acceptors (Lipinski definition) is 2. The summed E-state index contributed by atoms with van der Waals surface area (Å²) >= 11 is 0. The average molecular weight is 176 g/mol. The van der Waals surface area contributed by atoms with Gasteiger partial charge >= 0.3 is 0 Å². The quantitative estimate of drug-likeness (QED) is 0.714. The van der Waals surface area contributed by atoms with Crippen LogP contribution >= 0.6 is 0 Å². The van der Waals surface area contributed by atoms with Gasteiger partial charge in [0.25, 0.3) is 0 Å². The van der Waals surface area contributed by atoms with Crippen LogP contribution in [0.15, 0.2) is 12.4 Å². The molecule has 4 nitrogen and oxygen atoms in total. The molecule has 0 aromatic carbocycles. The van der Waals surface area contributed by atoms with Gasteiger partial charge in [-0.2, -0.15) is 5.10 Å². The second-order valence-corrected chi connectivity index (χ2v) is 3.18. The summed E-state index contributed by atoms with van der Waals surface area (Å²) in [7, 11) is 1.93. The smallest absolute Gasteiger partial charge is 0.140 e. The molecule has 0 aliphatic rings. The summed E-state index contributed by atoms with van der Waals surface area (Å²) < 4.78 is 1.84. The van der Waals surface area contributed by atoms with Crippen LogP contribution in [0.1, 0.15) is 11.4 Å². The Morgan fingerprint density at radius 1 is 1.31 bits per heavy atom. The lowest BCUT2D eigenvalue weighted by Gasteiger charge is -1.95. The first kappa shape index (κ1) is 8.04. The van der Waals surface area contributed by atoms with E-state index in [9.17, 15) is 0 Å². The molecule has 2 rings (SSSR count). The normalized spacial score (nSPS) is 10.7. The Morgan fingerprint density at radius 2 is 2.08 bits per heavy atom. The van der Waals surface area contributed by atoms with Crippen molar-refractivity contribution in [2.45, 2.75) is 13.8 Å². The fraction of sp³-hybridized carbons (Fsp3) is 0.333. The van der Waals surface area contributed by atoms with Crippen LogP contribution in [0.2, 0.25) is 0 Å². The second-order valence-electron chi connectivity index (χ2n) is 3.18. The Morgan fingerprint density at radius 3 is 2.54 bits per heavy atom. The molecule has 0 unspecified atom stereocenters. The van der Waals surface area contributed by atoms with E-state index in [1.54, 1.807) is 0 Å². The molecule has 68 valence electrons. The number of aryl methyl sites for hydroxylation is 2. The zero-order valence-corrected chi connectivity index (χ0v) is 8.00. The summed E-state index contributed by atoms with van der Waals surface area (Å²) in [6.07, 6.45) is 3.65. The number of rotatable bonds is 1. The van der Waals surface area contributed by atoms with E-state index in [4.69, 9.17) is 0 Å². The molecule has 0 spiro atoms. The Kier molecular flexibility index (Phi) is 1.69. The summed E-state index contributed by atoms with van der Waals surface area (Å²) in [4.78, 5) is 7.43. The van der Waals surface area contributed by atoms with Gasteiger partial charge in [0.2, 0.25) is 0 Å². The standard InChI is InChI=1S/C9H12N4/c1-6-4-10-9(12-6)8-5-11-13(3)7(8)2/h4-5H,1-3H3,(H,10,12). The Bertz CT molecular complexity index is 425. The number of aromatic nitrogens is 4. The van der Waals surface area contributed by atoms with Crippen LogP contribution in [-0.2, 0) is 7.05 Å². The molecule has 0 aliphatic heterocycles. The highest BCUT2D eigenvalue weighted by atomic mass is 15.3. The van der Waals surface area contributed by atoms with E-state index in [0.717, 1.165) is 22.8 Å². The summed E-state index contributed by atoms with van der Waals surface area (Å²) in [6.45, 7) is 4.02. The van der Waals surface area contributed by atoms with E-state index in [0.29, 0.717) is 0 Å². The van der Waals surface area contributed by atoms with Crippen LogP contribution < -0.4 is 0 Å². The summed E-state index contributed by atoms with van der Waals surface area (Å²) in [5.74, 6) is 0.892. The Hall–Kier alpha value is -1.58. The zero-order chi connectivity index (χ0) is 9.42. The highest BCUT2D eigenvalue weighted by molar-refractivity contribution is 5.57. The van der Waals surface area contributed by atoms with Crippen LogP contribution in [0.3, 0.4) is 0 Å². The minimum absolute atomic E-state index is 0.892. The third-order valence-electron chi connectivity index (χ3n) is 2.19. The van der Waals surface area contributed by atoms with Gasteiger partial charge in [-0.15, -0.1) is 0 Å². The van der Waals surface area contributed by atoms with E-state index in [1.807, 2.05) is 38.0 Å². The van der Waals surface area contributed by atoms with Gasteiger partial charge in [0.1, 0.15) is 5.82 Å².